The highest BCUT2D eigenvalue weighted by Gasteiger charge is 2.35. The Kier molecular flexibility index (Phi) is 5.53. The Morgan fingerprint density at radius 3 is 2.45 bits per heavy atom. The van der Waals surface area contributed by atoms with Gasteiger partial charge in [0.15, 0.2) is 0 Å². The van der Waals surface area contributed by atoms with Crippen LogP contribution in [0.3, 0.4) is 0 Å². The molecule has 1 saturated heterocycles. The molecule has 0 saturated carbocycles. The van der Waals surface area contributed by atoms with Crippen molar-refractivity contribution in [2.24, 2.45) is 0 Å². The number of hydrogen-bond acceptors (Lipinski definition) is 4. The van der Waals surface area contributed by atoms with Gasteiger partial charge in [-0.25, -0.2) is 0 Å². The second kappa shape index (κ2) is 6.54. The van der Waals surface area contributed by atoms with Crippen LogP contribution in [0.25, 0.3) is 0 Å². The fraction of sp³-hybridized carbons (Fsp3) is 0.857. The lowest BCUT2D eigenvalue weighted by Gasteiger charge is -2.40. The molecule has 0 aromatic carbocycles. The van der Waals surface area contributed by atoms with Gasteiger partial charge in [-0.3, -0.25) is 14.5 Å². The van der Waals surface area contributed by atoms with Crippen molar-refractivity contribution in [3.63, 3.8) is 0 Å². The van der Waals surface area contributed by atoms with E-state index >= 15 is 0 Å². The maximum absolute atomic E-state index is 12.3. The molecule has 0 aromatic rings. The average Bonchev–Trinajstić information content (AvgIpc) is 2.34. The first-order valence-electron chi connectivity index (χ1n) is 7.13. The van der Waals surface area contributed by atoms with Crippen molar-refractivity contribution in [3.8, 4) is 0 Å². The molecule has 6 heteroatoms. The predicted molar refractivity (Wildman–Crippen MR) is 79.4 cm³/mol. The van der Waals surface area contributed by atoms with Crippen molar-refractivity contribution in [1.29, 1.82) is 0 Å². The molecule has 0 radical (unpaired) electrons. The van der Waals surface area contributed by atoms with E-state index in [0.29, 0.717) is 13.1 Å². The molecule has 2 atom stereocenters. The van der Waals surface area contributed by atoms with Gasteiger partial charge in [0.25, 0.3) is 0 Å². The van der Waals surface area contributed by atoms with Crippen molar-refractivity contribution in [2.45, 2.75) is 45.3 Å². The summed E-state index contributed by atoms with van der Waals surface area (Å²) in [5.74, 6) is 0.00330. The number of likely N-dealkylation sites (N-methyl/N-ethyl adjacent to an activating group) is 1. The Morgan fingerprint density at radius 2 is 1.95 bits per heavy atom. The summed E-state index contributed by atoms with van der Waals surface area (Å²) in [4.78, 5) is 28.1. The van der Waals surface area contributed by atoms with E-state index in [9.17, 15) is 9.59 Å². The van der Waals surface area contributed by atoms with Crippen LogP contribution in [-0.2, 0) is 9.59 Å². The SMILES string of the molecule is CC(C(=O)NC(C)(C)C)N1CCNCC1C(=O)N(C)C. The predicted octanol–water partition coefficient (Wildman–Crippen LogP) is -0.348. The monoisotopic (exact) mass is 284 g/mol. The molecule has 0 bridgehead atoms. The van der Waals surface area contributed by atoms with E-state index in [1.54, 1.807) is 19.0 Å². The first-order valence-corrected chi connectivity index (χ1v) is 7.13. The van der Waals surface area contributed by atoms with Crippen LogP contribution < -0.4 is 10.6 Å². The van der Waals surface area contributed by atoms with Gasteiger partial charge in [-0.2, -0.15) is 0 Å². The highest BCUT2D eigenvalue weighted by molar-refractivity contribution is 5.85. The number of piperazine rings is 1. The number of hydrogen-bond donors (Lipinski definition) is 2. The molecule has 1 fully saturated rings. The smallest absolute Gasteiger partial charge is 0.240 e. The first-order chi connectivity index (χ1) is 9.13. The number of nitrogens with zero attached hydrogens (tertiary/aromatic N) is 2. The summed E-state index contributed by atoms with van der Waals surface area (Å²) in [6, 6.07) is -0.593. The van der Waals surface area contributed by atoms with Crippen LogP contribution in [0.2, 0.25) is 0 Å². The Balaban J connectivity index is 2.79. The van der Waals surface area contributed by atoms with Crippen LogP contribution in [0.15, 0.2) is 0 Å². The van der Waals surface area contributed by atoms with Gasteiger partial charge in [0.05, 0.1) is 6.04 Å². The zero-order valence-corrected chi connectivity index (χ0v) is 13.5. The van der Waals surface area contributed by atoms with Crippen LogP contribution in [0.1, 0.15) is 27.7 Å². The van der Waals surface area contributed by atoms with Crippen LogP contribution in [0.4, 0.5) is 0 Å². The maximum Gasteiger partial charge on any atom is 0.240 e. The molecule has 20 heavy (non-hydrogen) atoms. The number of rotatable bonds is 3. The molecular weight excluding hydrogens is 256 g/mol. The van der Waals surface area contributed by atoms with Crippen molar-refractivity contribution < 1.29 is 9.59 Å². The first kappa shape index (κ1) is 16.9. The second-order valence-corrected chi connectivity index (χ2v) is 6.61. The number of nitrogens with one attached hydrogen (secondary N) is 2. The van der Waals surface area contributed by atoms with E-state index in [4.69, 9.17) is 0 Å². The minimum absolute atomic E-state index is 0.0315. The lowest BCUT2D eigenvalue weighted by atomic mass is 10.1. The fourth-order valence-corrected chi connectivity index (χ4v) is 2.34. The van der Waals surface area contributed by atoms with E-state index in [1.807, 2.05) is 32.6 Å². The van der Waals surface area contributed by atoms with Crippen LogP contribution in [0.5, 0.6) is 0 Å². The highest BCUT2D eigenvalue weighted by atomic mass is 16.2. The van der Waals surface area contributed by atoms with Gasteiger partial charge in [-0.15, -0.1) is 0 Å². The van der Waals surface area contributed by atoms with E-state index in [1.165, 1.54) is 0 Å². The number of carbonyl (C=O) groups is 2. The molecule has 0 aromatic heterocycles. The van der Waals surface area contributed by atoms with Gasteiger partial charge in [0.1, 0.15) is 6.04 Å². The summed E-state index contributed by atoms with van der Waals surface area (Å²) in [5, 5.41) is 6.20. The summed E-state index contributed by atoms with van der Waals surface area (Å²) in [6.07, 6.45) is 0. The van der Waals surface area contributed by atoms with Crippen LogP contribution in [0, 0.1) is 0 Å². The van der Waals surface area contributed by atoms with Gasteiger partial charge in [0.2, 0.25) is 11.8 Å². The van der Waals surface area contributed by atoms with Crippen molar-refractivity contribution >= 4 is 11.8 Å². The summed E-state index contributed by atoms with van der Waals surface area (Å²) in [6.45, 7) is 9.81. The lowest BCUT2D eigenvalue weighted by Crippen LogP contribution is -2.63. The standard InChI is InChI=1S/C14H28N4O2/c1-10(12(19)16-14(2,3)4)18-8-7-15-9-11(18)13(20)17(5)6/h10-11,15H,7-9H2,1-6H3,(H,16,19). The zero-order valence-electron chi connectivity index (χ0n) is 13.5. The molecule has 1 rings (SSSR count). The Labute approximate surface area is 121 Å². The molecule has 0 spiro atoms. The van der Waals surface area contributed by atoms with Crippen LogP contribution >= 0.6 is 0 Å². The van der Waals surface area contributed by atoms with Gasteiger partial charge in [0, 0.05) is 39.3 Å². The van der Waals surface area contributed by atoms with Gasteiger partial charge in [-0.05, 0) is 27.7 Å². The quantitative estimate of drug-likeness (QED) is 0.744. The Bertz CT molecular complexity index is 363. The topological polar surface area (TPSA) is 64.7 Å². The van der Waals surface area contributed by atoms with Crippen LogP contribution in [-0.4, -0.2) is 73.0 Å². The normalized spacial score (nSPS) is 22.2. The minimum Gasteiger partial charge on any atom is -0.350 e. The second-order valence-electron chi connectivity index (χ2n) is 6.61. The molecule has 1 aliphatic heterocycles. The maximum atomic E-state index is 12.3. The Hall–Kier alpha value is -1.14. The van der Waals surface area contributed by atoms with Gasteiger partial charge < -0.3 is 15.5 Å². The molecule has 2 N–H and O–H groups in total. The van der Waals surface area contributed by atoms with Crippen molar-refractivity contribution in [3.05, 3.63) is 0 Å². The van der Waals surface area contributed by atoms with E-state index in [0.717, 1.165) is 6.54 Å². The van der Waals surface area contributed by atoms with E-state index < -0.39 is 0 Å². The molecule has 2 amide bonds. The van der Waals surface area contributed by atoms with Crippen molar-refractivity contribution in [2.75, 3.05) is 33.7 Å². The lowest BCUT2D eigenvalue weighted by molar-refractivity contribution is -0.139. The summed E-state index contributed by atoms with van der Waals surface area (Å²) < 4.78 is 0. The third kappa shape index (κ3) is 4.45. The summed E-state index contributed by atoms with van der Waals surface area (Å²) in [7, 11) is 3.49. The largest absolute Gasteiger partial charge is 0.350 e. The minimum atomic E-state index is -0.315. The molecule has 2 unspecified atom stereocenters. The van der Waals surface area contributed by atoms with Crippen molar-refractivity contribution in [1.82, 2.24) is 20.4 Å². The number of carbonyl (C=O) groups excluding carboxylic acids is 2. The van der Waals surface area contributed by atoms with Gasteiger partial charge in [-0.1, -0.05) is 0 Å². The molecular formula is C14H28N4O2. The highest BCUT2D eigenvalue weighted by Crippen LogP contribution is 2.12. The molecule has 1 heterocycles. The fourth-order valence-electron chi connectivity index (χ4n) is 2.34. The Morgan fingerprint density at radius 1 is 1.35 bits per heavy atom. The average molecular weight is 284 g/mol. The molecule has 6 nitrogen and oxygen atoms in total. The molecule has 0 aliphatic carbocycles. The summed E-state index contributed by atoms with van der Waals surface area (Å²) >= 11 is 0. The molecule has 1 aliphatic rings. The van der Waals surface area contributed by atoms with E-state index in [-0.39, 0.29) is 29.4 Å². The van der Waals surface area contributed by atoms with Gasteiger partial charge >= 0.3 is 0 Å². The zero-order chi connectivity index (χ0) is 15.5. The third-order valence-electron chi connectivity index (χ3n) is 3.39. The summed E-state index contributed by atoms with van der Waals surface area (Å²) in [5.41, 5.74) is -0.263. The van der Waals surface area contributed by atoms with E-state index in [2.05, 4.69) is 10.6 Å². The third-order valence-corrected chi connectivity index (χ3v) is 3.39. The molecule has 116 valence electrons. The number of amides is 2.